The molecule has 0 heterocycles. The first-order valence-electron chi connectivity index (χ1n) is 8.88. The summed E-state index contributed by atoms with van der Waals surface area (Å²) in [4.78, 5) is 2.51. The van der Waals surface area contributed by atoms with Crippen LogP contribution in [0.5, 0.6) is 0 Å². The van der Waals surface area contributed by atoms with Gasteiger partial charge in [-0.05, 0) is 48.2 Å². The molecular weight excluding hydrogens is 314 g/mol. The highest BCUT2D eigenvalue weighted by Gasteiger charge is 2.23. The molecule has 0 saturated heterocycles. The molecule has 0 aliphatic heterocycles. The SMILES string of the molecule is CCN(CC)CCC1=CC(Cc2ccccc2)c2ccccc21.Cl. The predicted octanol–water partition coefficient (Wildman–Crippen LogP) is 5.56. The Kier molecular flexibility index (Phi) is 7.08. The molecule has 3 rings (SSSR count). The molecule has 128 valence electrons. The van der Waals surface area contributed by atoms with Crippen molar-refractivity contribution >= 4 is 18.0 Å². The molecule has 1 aliphatic rings. The lowest BCUT2D eigenvalue weighted by Crippen LogP contribution is -2.24. The van der Waals surface area contributed by atoms with Crippen molar-refractivity contribution in [3.8, 4) is 0 Å². The Bertz CT molecular complexity index is 659. The molecule has 0 fully saturated rings. The first-order valence-corrected chi connectivity index (χ1v) is 8.88. The quantitative estimate of drug-likeness (QED) is 0.637. The molecule has 2 heteroatoms. The molecule has 1 atom stereocenters. The predicted molar refractivity (Wildman–Crippen MR) is 107 cm³/mol. The first kappa shape index (κ1) is 18.8. The van der Waals surface area contributed by atoms with Gasteiger partial charge in [0.2, 0.25) is 0 Å². The molecule has 0 radical (unpaired) electrons. The lowest BCUT2D eigenvalue weighted by molar-refractivity contribution is 0.311. The summed E-state index contributed by atoms with van der Waals surface area (Å²) < 4.78 is 0. The second-order valence-electron chi connectivity index (χ2n) is 6.35. The van der Waals surface area contributed by atoms with Crippen molar-refractivity contribution in [1.29, 1.82) is 0 Å². The molecule has 0 N–H and O–H groups in total. The summed E-state index contributed by atoms with van der Waals surface area (Å²) in [6.07, 6.45) is 4.78. The Morgan fingerprint density at radius 1 is 0.875 bits per heavy atom. The van der Waals surface area contributed by atoms with Gasteiger partial charge in [-0.2, -0.15) is 0 Å². The molecular formula is C22H28ClN. The van der Waals surface area contributed by atoms with E-state index in [-0.39, 0.29) is 12.4 Å². The van der Waals surface area contributed by atoms with Gasteiger partial charge in [-0.25, -0.2) is 0 Å². The summed E-state index contributed by atoms with van der Waals surface area (Å²) in [5.74, 6) is 0.528. The zero-order valence-corrected chi connectivity index (χ0v) is 15.6. The highest BCUT2D eigenvalue weighted by molar-refractivity contribution is 5.85. The maximum atomic E-state index is 2.52. The van der Waals surface area contributed by atoms with Gasteiger partial charge >= 0.3 is 0 Å². The fourth-order valence-electron chi connectivity index (χ4n) is 3.61. The maximum absolute atomic E-state index is 2.52. The number of nitrogens with zero attached hydrogens (tertiary/aromatic N) is 1. The topological polar surface area (TPSA) is 3.24 Å². The number of benzene rings is 2. The minimum absolute atomic E-state index is 0. The Balaban J connectivity index is 0.00000208. The van der Waals surface area contributed by atoms with Crippen LogP contribution in [0.2, 0.25) is 0 Å². The van der Waals surface area contributed by atoms with E-state index in [4.69, 9.17) is 0 Å². The Morgan fingerprint density at radius 2 is 1.54 bits per heavy atom. The highest BCUT2D eigenvalue weighted by atomic mass is 35.5. The van der Waals surface area contributed by atoms with Crippen LogP contribution in [0.15, 0.2) is 60.7 Å². The highest BCUT2D eigenvalue weighted by Crippen LogP contribution is 2.39. The lowest BCUT2D eigenvalue weighted by Gasteiger charge is -2.18. The largest absolute Gasteiger partial charge is 0.304 e. The standard InChI is InChI=1S/C22H27N.ClH/c1-3-23(4-2)15-14-19-17-20(16-18-10-6-5-7-11-18)22-13-9-8-12-21(19)22;/h5-13,17,20H,3-4,14-16H2,1-2H3;1H. The van der Waals surface area contributed by atoms with Crippen molar-refractivity contribution in [2.75, 3.05) is 19.6 Å². The minimum atomic E-state index is 0. The van der Waals surface area contributed by atoms with Crippen LogP contribution in [0.25, 0.3) is 5.57 Å². The van der Waals surface area contributed by atoms with Crippen molar-refractivity contribution in [2.24, 2.45) is 0 Å². The van der Waals surface area contributed by atoms with Gasteiger partial charge in [0.1, 0.15) is 0 Å². The maximum Gasteiger partial charge on any atom is 0.00704 e. The van der Waals surface area contributed by atoms with Gasteiger partial charge in [0.15, 0.2) is 0 Å². The van der Waals surface area contributed by atoms with Crippen molar-refractivity contribution in [3.05, 3.63) is 77.4 Å². The molecule has 0 amide bonds. The molecule has 0 saturated carbocycles. The average Bonchev–Trinajstić information content (AvgIpc) is 2.95. The third-order valence-corrected chi connectivity index (χ3v) is 5.00. The Labute approximate surface area is 152 Å². The van der Waals surface area contributed by atoms with Gasteiger partial charge in [0, 0.05) is 12.5 Å². The average molecular weight is 342 g/mol. The number of halogens is 1. The summed E-state index contributed by atoms with van der Waals surface area (Å²) in [5, 5.41) is 0. The molecule has 1 unspecified atom stereocenters. The smallest absolute Gasteiger partial charge is 0.00704 e. The number of hydrogen-bond donors (Lipinski definition) is 0. The second kappa shape index (κ2) is 9.05. The van der Waals surface area contributed by atoms with Crippen molar-refractivity contribution in [3.63, 3.8) is 0 Å². The minimum Gasteiger partial charge on any atom is -0.304 e. The van der Waals surface area contributed by atoms with Crippen molar-refractivity contribution in [1.82, 2.24) is 4.90 Å². The molecule has 24 heavy (non-hydrogen) atoms. The Morgan fingerprint density at radius 3 is 2.25 bits per heavy atom. The number of rotatable bonds is 7. The normalized spacial score (nSPS) is 15.8. The van der Waals surface area contributed by atoms with E-state index in [0.29, 0.717) is 5.92 Å². The van der Waals surface area contributed by atoms with E-state index in [1.165, 1.54) is 22.3 Å². The van der Waals surface area contributed by atoms with Crippen molar-refractivity contribution in [2.45, 2.75) is 32.6 Å². The molecule has 0 aromatic heterocycles. The zero-order valence-electron chi connectivity index (χ0n) is 14.7. The summed E-state index contributed by atoms with van der Waals surface area (Å²) in [7, 11) is 0. The van der Waals surface area contributed by atoms with Crippen LogP contribution in [-0.2, 0) is 6.42 Å². The van der Waals surface area contributed by atoms with Crippen LogP contribution in [0, 0.1) is 0 Å². The fraction of sp³-hybridized carbons (Fsp3) is 0.364. The van der Waals surface area contributed by atoms with Crippen LogP contribution < -0.4 is 0 Å². The lowest BCUT2D eigenvalue weighted by atomic mass is 9.94. The molecule has 0 bridgehead atoms. The first-order chi connectivity index (χ1) is 11.3. The van der Waals surface area contributed by atoms with Crippen LogP contribution in [0.4, 0.5) is 0 Å². The molecule has 2 aromatic rings. The van der Waals surface area contributed by atoms with Gasteiger partial charge in [0.05, 0.1) is 0 Å². The van der Waals surface area contributed by atoms with Gasteiger partial charge in [-0.3, -0.25) is 0 Å². The fourth-order valence-corrected chi connectivity index (χ4v) is 3.61. The number of fused-ring (bicyclic) bond motifs is 1. The summed E-state index contributed by atoms with van der Waals surface area (Å²) in [6, 6.07) is 19.8. The molecule has 0 spiro atoms. The zero-order chi connectivity index (χ0) is 16.1. The third-order valence-electron chi connectivity index (χ3n) is 5.00. The van der Waals surface area contributed by atoms with E-state index in [1.54, 1.807) is 0 Å². The third kappa shape index (κ3) is 4.28. The summed E-state index contributed by atoms with van der Waals surface area (Å²) in [5.41, 5.74) is 5.94. The number of allylic oxidation sites excluding steroid dienone is 1. The van der Waals surface area contributed by atoms with Crippen LogP contribution >= 0.6 is 12.4 Å². The van der Waals surface area contributed by atoms with E-state index in [1.807, 2.05) is 0 Å². The van der Waals surface area contributed by atoms with Crippen molar-refractivity contribution < 1.29 is 0 Å². The van der Waals surface area contributed by atoms with Gasteiger partial charge in [0.25, 0.3) is 0 Å². The molecule has 1 aliphatic carbocycles. The van der Waals surface area contributed by atoms with E-state index >= 15 is 0 Å². The van der Waals surface area contributed by atoms with E-state index in [9.17, 15) is 0 Å². The Hall–Kier alpha value is -1.57. The summed E-state index contributed by atoms with van der Waals surface area (Å²) in [6.45, 7) is 7.93. The van der Waals surface area contributed by atoms with E-state index in [2.05, 4.69) is 79.4 Å². The van der Waals surface area contributed by atoms with E-state index in [0.717, 1.165) is 32.5 Å². The van der Waals surface area contributed by atoms with Crippen LogP contribution in [0.3, 0.4) is 0 Å². The molecule has 1 nitrogen and oxygen atoms in total. The van der Waals surface area contributed by atoms with Crippen LogP contribution in [-0.4, -0.2) is 24.5 Å². The van der Waals surface area contributed by atoms with Crippen LogP contribution in [0.1, 0.15) is 42.9 Å². The van der Waals surface area contributed by atoms with Gasteiger partial charge < -0.3 is 4.90 Å². The monoisotopic (exact) mass is 341 g/mol. The second-order valence-corrected chi connectivity index (χ2v) is 6.35. The van der Waals surface area contributed by atoms with Gasteiger partial charge in [-0.1, -0.05) is 74.5 Å². The van der Waals surface area contributed by atoms with E-state index < -0.39 is 0 Å². The van der Waals surface area contributed by atoms with Gasteiger partial charge in [-0.15, -0.1) is 12.4 Å². The number of hydrogen-bond acceptors (Lipinski definition) is 1. The molecule has 2 aromatic carbocycles. The summed E-state index contributed by atoms with van der Waals surface area (Å²) >= 11 is 0.